The lowest BCUT2D eigenvalue weighted by Crippen LogP contribution is -2.23. The number of hydrogen-bond donors (Lipinski definition) is 1. The maximum absolute atomic E-state index is 5.54. The average molecular weight is 223 g/mol. The van der Waals surface area contributed by atoms with Crippen molar-refractivity contribution in [3.63, 3.8) is 0 Å². The Bertz CT molecular complexity index is 237. The minimum atomic E-state index is 0.659. The summed E-state index contributed by atoms with van der Waals surface area (Å²) in [6.07, 6.45) is 7.75. The molecule has 1 heterocycles. The van der Waals surface area contributed by atoms with Crippen LogP contribution in [0.3, 0.4) is 0 Å². The molecule has 0 aromatic carbocycles. The third-order valence-corrected chi connectivity index (χ3v) is 3.56. The van der Waals surface area contributed by atoms with Crippen molar-refractivity contribution in [2.75, 3.05) is 19.8 Å². The lowest BCUT2D eigenvalue weighted by atomic mass is 9.94. The SMILES string of the molecule is CC(C)/C(=C\C1CCCOC1)CNC1CC1. The Kier molecular flexibility index (Phi) is 4.42. The van der Waals surface area contributed by atoms with E-state index in [0.717, 1.165) is 25.8 Å². The van der Waals surface area contributed by atoms with Gasteiger partial charge in [-0.3, -0.25) is 0 Å². The van der Waals surface area contributed by atoms with Gasteiger partial charge in [0.25, 0.3) is 0 Å². The van der Waals surface area contributed by atoms with E-state index >= 15 is 0 Å². The van der Waals surface area contributed by atoms with Crippen molar-refractivity contribution in [1.82, 2.24) is 5.32 Å². The molecule has 1 saturated carbocycles. The van der Waals surface area contributed by atoms with Gasteiger partial charge in [-0.2, -0.15) is 0 Å². The van der Waals surface area contributed by atoms with E-state index < -0.39 is 0 Å². The minimum Gasteiger partial charge on any atom is -0.381 e. The number of hydrogen-bond acceptors (Lipinski definition) is 2. The predicted octanol–water partition coefficient (Wildman–Crippen LogP) is 2.75. The Morgan fingerprint density at radius 3 is 2.75 bits per heavy atom. The Morgan fingerprint density at radius 2 is 2.19 bits per heavy atom. The van der Waals surface area contributed by atoms with Gasteiger partial charge in [-0.15, -0.1) is 0 Å². The lowest BCUT2D eigenvalue weighted by Gasteiger charge is -2.22. The van der Waals surface area contributed by atoms with Crippen LogP contribution in [-0.4, -0.2) is 25.8 Å². The molecule has 1 saturated heterocycles. The van der Waals surface area contributed by atoms with Crippen molar-refractivity contribution >= 4 is 0 Å². The van der Waals surface area contributed by atoms with Crippen LogP contribution in [0.4, 0.5) is 0 Å². The van der Waals surface area contributed by atoms with Gasteiger partial charge in [-0.1, -0.05) is 25.5 Å². The molecule has 1 atom stereocenters. The molecule has 0 spiro atoms. The van der Waals surface area contributed by atoms with Crippen molar-refractivity contribution in [1.29, 1.82) is 0 Å². The van der Waals surface area contributed by atoms with E-state index in [9.17, 15) is 0 Å². The highest BCUT2D eigenvalue weighted by molar-refractivity contribution is 5.10. The van der Waals surface area contributed by atoms with E-state index in [-0.39, 0.29) is 0 Å². The summed E-state index contributed by atoms with van der Waals surface area (Å²) in [6.45, 7) is 7.56. The first-order valence-corrected chi connectivity index (χ1v) is 6.77. The molecule has 92 valence electrons. The van der Waals surface area contributed by atoms with E-state index in [1.807, 2.05) is 0 Å². The smallest absolute Gasteiger partial charge is 0.0528 e. The quantitative estimate of drug-likeness (QED) is 0.724. The highest BCUT2D eigenvalue weighted by Crippen LogP contribution is 2.22. The summed E-state index contributed by atoms with van der Waals surface area (Å²) in [7, 11) is 0. The summed E-state index contributed by atoms with van der Waals surface area (Å²) in [5.74, 6) is 1.32. The molecule has 2 heteroatoms. The first-order valence-electron chi connectivity index (χ1n) is 6.77. The third kappa shape index (κ3) is 3.91. The second-order valence-corrected chi connectivity index (χ2v) is 5.53. The summed E-state index contributed by atoms with van der Waals surface area (Å²) in [6, 6.07) is 0.810. The van der Waals surface area contributed by atoms with Crippen LogP contribution in [0.2, 0.25) is 0 Å². The van der Waals surface area contributed by atoms with Crippen molar-refractivity contribution in [3.8, 4) is 0 Å². The second-order valence-electron chi connectivity index (χ2n) is 5.53. The maximum atomic E-state index is 5.54. The van der Waals surface area contributed by atoms with Crippen LogP contribution in [-0.2, 0) is 4.74 Å². The zero-order valence-electron chi connectivity index (χ0n) is 10.7. The van der Waals surface area contributed by atoms with Crippen molar-refractivity contribution < 1.29 is 4.74 Å². The Labute approximate surface area is 99.4 Å². The Morgan fingerprint density at radius 1 is 1.38 bits per heavy atom. The monoisotopic (exact) mass is 223 g/mol. The fourth-order valence-corrected chi connectivity index (χ4v) is 2.20. The molecule has 0 aromatic rings. The van der Waals surface area contributed by atoms with Gasteiger partial charge in [0, 0.05) is 25.1 Å². The molecular formula is C14H25NO. The van der Waals surface area contributed by atoms with Crippen LogP contribution in [0, 0.1) is 11.8 Å². The van der Waals surface area contributed by atoms with Gasteiger partial charge >= 0.3 is 0 Å². The number of nitrogens with one attached hydrogen (secondary N) is 1. The highest BCUT2D eigenvalue weighted by Gasteiger charge is 2.21. The van der Waals surface area contributed by atoms with Crippen molar-refractivity contribution in [2.24, 2.45) is 11.8 Å². The topological polar surface area (TPSA) is 21.3 Å². The molecule has 1 aliphatic heterocycles. The molecule has 2 fully saturated rings. The van der Waals surface area contributed by atoms with Crippen LogP contribution in [0.15, 0.2) is 11.6 Å². The van der Waals surface area contributed by atoms with Crippen LogP contribution in [0.1, 0.15) is 39.5 Å². The largest absolute Gasteiger partial charge is 0.381 e. The van der Waals surface area contributed by atoms with E-state index in [1.54, 1.807) is 5.57 Å². The fraction of sp³-hybridized carbons (Fsp3) is 0.857. The second kappa shape index (κ2) is 5.83. The van der Waals surface area contributed by atoms with Crippen molar-refractivity contribution in [3.05, 3.63) is 11.6 Å². The molecular weight excluding hydrogens is 198 g/mol. The van der Waals surface area contributed by atoms with E-state index in [2.05, 4.69) is 25.2 Å². The van der Waals surface area contributed by atoms with Gasteiger partial charge in [0.2, 0.25) is 0 Å². The van der Waals surface area contributed by atoms with Gasteiger partial charge in [0.05, 0.1) is 6.61 Å². The number of rotatable bonds is 5. The molecule has 1 unspecified atom stereocenters. The Hall–Kier alpha value is -0.340. The maximum Gasteiger partial charge on any atom is 0.0528 e. The zero-order chi connectivity index (χ0) is 11.4. The molecule has 2 aliphatic rings. The van der Waals surface area contributed by atoms with Crippen molar-refractivity contribution in [2.45, 2.75) is 45.6 Å². The average Bonchev–Trinajstić information content (AvgIpc) is 3.09. The summed E-state index contributed by atoms with van der Waals surface area (Å²) in [5.41, 5.74) is 1.57. The third-order valence-electron chi connectivity index (χ3n) is 3.56. The van der Waals surface area contributed by atoms with Gasteiger partial charge < -0.3 is 10.1 Å². The van der Waals surface area contributed by atoms with Gasteiger partial charge in [0.15, 0.2) is 0 Å². The van der Waals surface area contributed by atoms with Crippen LogP contribution in [0.5, 0.6) is 0 Å². The predicted molar refractivity (Wildman–Crippen MR) is 67.5 cm³/mol. The van der Waals surface area contributed by atoms with Crippen LogP contribution < -0.4 is 5.32 Å². The number of ether oxygens (including phenoxy) is 1. The molecule has 1 N–H and O–H groups in total. The molecule has 0 aromatic heterocycles. The van der Waals surface area contributed by atoms with Gasteiger partial charge in [-0.05, 0) is 31.6 Å². The molecule has 0 radical (unpaired) electrons. The van der Waals surface area contributed by atoms with Crippen LogP contribution in [0.25, 0.3) is 0 Å². The normalized spacial score (nSPS) is 27.4. The lowest BCUT2D eigenvalue weighted by molar-refractivity contribution is 0.0706. The zero-order valence-corrected chi connectivity index (χ0v) is 10.7. The van der Waals surface area contributed by atoms with Gasteiger partial charge in [0.1, 0.15) is 0 Å². The molecule has 2 nitrogen and oxygen atoms in total. The van der Waals surface area contributed by atoms with Crippen LogP contribution >= 0.6 is 0 Å². The molecule has 0 amide bonds. The fourth-order valence-electron chi connectivity index (χ4n) is 2.20. The summed E-state index contributed by atoms with van der Waals surface area (Å²) < 4.78 is 5.54. The Balaban J connectivity index is 1.84. The van der Waals surface area contributed by atoms with E-state index in [4.69, 9.17) is 4.74 Å². The molecule has 1 aliphatic carbocycles. The summed E-state index contributed by atoms with van der Waals surface area (Å²) >= 11 is 0. The molecule has 0 bridgehead atoms. The standard InChI is InChI=1S/C14H25NO/c1-11(2)13(9-15-14-5-6-14)8-12-4-3-7-16-10-12/h8,11-12,14-15H,3-7,9-10H2,1-2H3/b13-8-. The first-order chi connectivity index (χ1) is 7.75. The first kappa shape index (κ1) is 12.1. The summed E-state index contributed by atoms with van der Waals surface area (Å²) in [5, 5.41) is 3.62. The minimum absolute atomic E-state index is 0.659. The van der Waals surface area contributed by atoms with E-state index in [0.29, 0.717) is 11.8 Å². The molecule has 2 rings (SSSR count). The highest BCUT2D eigenvalue weighted by atomic mass is 16.5. The molecule has 16 heavy (non-hydrogen) atoms. The van der Waals surface area contributed by atoms with E-state index in [1.165, 1.54) is 25.7 Å². The van der Waals surface area contributed by atoms with Gasteiger partial charge in [-0.25, -0.2) is 0 Å². The summed E-state index contributed by atoms with van der Waals surface area (Å²) in [4.78, 5) is 0.